The monoisotopic (exact) mass is 540 g/mol. The quantitative estimate of drug-likeness (QED) is 0.428. The van der Waals surface area contributed by atoms with Crippen molar-refractivity contribution in [1.29, 1.82) is 0 Å². The standard InChI is InChI=1S/C30H41FN4O4/c1-20-16-35(21(2)19-36)29(37)25-10-7-11-26(33-30(38)32-24-14-12-23(31)13-15-24)28(25)39-27(20)18-34(3)17-22-8-5-4-6-9-22/h7,10-15,20-22,27,36H,4-6,8-9,16-19H2,1-3H3,(H2,32,33,38)/t20-,21-,27-/m0/s1. The first-order valence-corrected chi connectivity index (χ1v) is 14.0. The van der Waals surface area contributed by atoms with Crippen molar-refractivity contribution in [3.8, 4) is 5.75 Å². The second kappa shape index (κ2) is 13.3. The van der Waals surface area contributed by atoms with Gasteiger partial charge in [0.25, 0.3) is 5.91 Å². The number of aliphatic hydroxyl groups is 1. The van der Waals surface area contributed by atoms with E-state index in [2.05, 4.69) is 29.5 Å². The highest BCUT2D eigenvalue weighted by Crippen LogP contribution is 2.35. The summed E-state index contributed by atoms with van der Waals surface area (Å²) in [6, 6.07) is 9.66. The van der Waals surface area contributed by atoms with E-state index in [1.54, 1.807) is 23.1 Å². The van der Waals surface area contributed by atoms with Crippen LogP contribution in [0.25, 0.3) is 0 Å². The summed E-state index contributed by atoms with van der Waals surface area (Å²) >= 11 is 0. The molecule has 2 aromatic carbocycles. The van der Waals surface area contributed by atoms with Crippen molar-refractivity contribution in [2.24, 2.45) is 11.8 Å². The van der Waals surface area contributed by atoms with E-state index in [9.17, 15) is 19.1 Å². The van der Waals surface area contributed by atoms with Gasteiger partial charge in [-0.05, 0) is 69.1 Å². The van der Waals surface area contributed by atoms with E-state index in [1.807, 2.05) is 6.92 Å². The number of carbonyl (C=O) groups excluding carboxylic acids is 2. The number of urea groups is 1. The molecule has 39 heavy (non-hydrogen) atoms. The van der Waals surface area contributed by atoms with E-state index in [1.165, 1.54) is 56.4 Å². The molecule has 0 aromatic heterocycles. The highest BCUT2D eigenvalue weighted by Gasteiger charge is 2.35. The summed E-state index contributed by atoms with van der Waals surface area (Å²) < 4.78 is 19.9. The molecule has 0 saturated heterocycles. The number of halogens is 1. The Hall–Kier alpha value is -3.17. The Morgan fingerprint density at radius 2 is 1.85 bits per heavy atom. The average molecular weight is 541 g/mol. The summed E-state index contributed by atoms with van der Waals surface area (Å²) in [5.74, 6) is 0.322. The van der Waals surface area contributed by atoms with Crippen LogP contribution in [0.3, 0.4) is 0 Å². The van der Waals surface area contributed by atoms with Gasteiger partial charge in [0.2, 0.25) is 0 Å². The van der Waals surface area contributed by atoms with Crippen molar-refractivity contribution in [1.82, 2.24) is 9.80 Å². The zero-order valence-corrected chi connectivity index (χ0v) is 23.2. The maximum absolute atomic E-state index is 13.6. The third-order valence-electron chi connectivity index (χ3n) is 7.83. The molecule has 4 rings (SSSR count). The molecule has 0 spiro atoms. The molecule has 2 aliphatic rings. The van der Waals surface area contributed by atoms with Crippen LogP contribution in [0.4, 0.5) is 20.6 Å². The van der Waals surface area contributed by atoms with Crippen LogP contribution < -0.4 is 15.4 Å². The molecule has 1 fully saturated rings. The van der Waals surface area contributed by atoms with Crippen LogP contribution in [-0.2, 0) is 0 Å². The topological polar surface area (TPSA) is 94.1 Å². The number of carbonyl (C=O) groups is 2. The number of benzene rings is 2. The van der Waals surface area contributed by atoms with Crippen LogP contribution in [-0.4, -0.2) is 72.3 Å². The van der Waals surface area contributed by atoms with Gasteiger partial charge in [0.1, 0.15) is 11.9 Å². The highest BCUT2D eigenvalue weighted by molar-refractivity contribution is 6.04. The zero-order valence-electron chi connectivity index (χ0n) is 23.2. The number of para-hydroxylation sites is 1. The number of nitrogens with one attached hydrogen (secondary N) is 2. The van der Waals surface area contributed by atoms with Crippen LogP contribution in [0.5, 0.6) is 5.75 Å². The Balaban J connectivity index is 1.59. The molecule has 8 nitrogen and oxygen atoms in total. The van der Waals surface area contributed by atoms with E-state index in [-0.39, 0.29) is 30.6 Å². The number of likely N-dealkylation sites (N-methyl/N-ethyl adjacent to an activating group) is 1. The van der Waals surface area contributed by atoms with Crippen LogP contribution in [0.2, 0.25) is 0 Å². The SMILES string of the molecule is C[C@H]1CN([C@@H](C)CO)C(=O)c2cccc(NC(=O)Nc3ccc(F)cc3)c2O[C@H]1CN(C)CC1CCCCC1. The van der Waals surface area contributed by atoms with Crippen molar-refractivity contribution in [2.75, 3.05) is 43.9 Å². The minimum Gasteiger partial charge on any atom is -0.486 e. The van der Waals surface area contributed by atoms with Crippen LogP contribution in [0.15, 0.2) is 42.5 Å². The predicted molar refractivity (Wildman–Crippen MR) is 151 cm³/mol. The minimum absolute atomic E-state index is 0.0222. The molecule has 1 saturated carbocycles. The van der Waals surface area contributed by atoms with Crippen molar-refractivity contribution in [3.63, 3.8) is 0 Å². The van der Waals surface area contributed by atoms with Gasteiger partial charge >= 0.3 is 6.03 Å². The van der Waals surface area contributed by atoms with Gasteiger partial charge in [-0.2, -0.15) is 0 Å². The lowest BCUT2D eigenvalue weighted by atomic mass is 9.89. The number of amides is 3. The molecule has 0 radical (unpaired) electrons. The molecule has 0 bridgehead atoms. The van der Waals surface area contributed by atoms with Crippen LogP contribution in [0.1, 0.15) is 56.3 Å². The molecule has 1 aliphatic heterocycles. The molecule has 9 heteroatoms. The number of anilines is 2. The van der Waals surface area contributed by atoms with Crippen LogP contribution >= 0.6 is 0 Å². The first-order chi connectivity index (χ1) is 18.7. The molecular weight excluding hydrogens is 499 g/mol. The molecule has 3 N–H and O–H groups in total. The number of aliphatic hydroxyl groups excluding tert-OH is 1. The first-order valence-electron chi connectivity index (χ1n) is 14.0. The van der Waals surface area contributed by atoms with Crippen molar-refractivity contribution in [3.05, 3.63) is 53.8 Å². The normalized spacial score (nSPS) is 21.0. The molecular formula is C30H41FN4O4. The Kier molecular flexibility index (Phi) is 9.80. The summed E-state index contributed by atoms with van der Waals surface area (Å²) in [6.07, 6.45) is 6.14. The van der Waals surface area contributed by atoms with E-state index >= 15 is 0 Å². The lowest BCUT2D eigenvalue weighted by molar-refractivity contribution is 0.0333. The van der Waals surface area contributed by atoms with Gasteiger partial charge in [-0.1, -0.05) is 32.3 Å². The number of hydrogen-bond acceptors (Lipinski definition) is 5. The molecule has 0 unspecified atom stereocenters. The Labute approximate surface area is 230 Å². The average Bonchev–Trinajstić information content (AvgIpc) is 2.92. The lowest BCUT2D eigenvalue weighted by Crippen LogP contribution is -2.50. The summed E-state index contributed by atoms with van der Waals surface area (Å²) in [6.45, 7) is 5.85. The van der Waals surface area contributed by atoms with Crippen molar-refractivity contribution >= 4 is 23.3 Å². The Morgan fingerprint density at radius 1 is 1.13 bits per heavy atom. The summed E-state index contributed by atoms with van der Waals surface area (Å²) in [5.41, 5.74) is 1.14. The molecule has 3 amide bonds. The fourth-order valence-corrected chi connectivity index (χ4v) is 5.57. The second-order valence-electron chi connectivity index (χ2n) is 11.1. The maximum atomic E-state index is 13.6. The number of fused-ring (bicyclic) bond motifs is 1. The predicted octanol–water partition coefficient (Wildman–Crippen LogP) is 5.20. The van der Waals surface area contributed by atoms with E-state index in [0.717, 1.165) is 6.54 Å². The van der Waals surface area contributed by atoms with Crippen molar-refractivity contribution < 1.29 is 23.8 Å². The summed E-state index contributed by atoms with van der Waals surface area (Å²) in [5, 5.41) is 15.4. The molecule has 3 atom stereocenters. The van der Waals surface area contributed by atoms with Crippen LogP contribution in [0, 0.1) is 17.7 Å². The number of hydrogen-bond donors (Lipinski definition) is 3. The zero-order chi connectivity index (χ0) is 27.9. The van der Waals surface area contributed by atoms with E-state index in [4.69, 9.17) is 4.74 Å². The third kappa shape index (κ3) is 7.48. The molecule has 1 aliphatic carbocycles. The van der Waals surface area contributed by atoms with Gasteiger partial charge < -0.3 is 30.3 Å². The van der Waals surface area contributed by atoms with Gasteiger partial charge in [-0.25, -0.2) is 9.18 Å². The summed E-state index contributed by atoms with van der Waals surface area (Å²) in [4.78, 5) is 30.5. The van der Waals surface area contributed by atoms with E-state index < -0.39 is 11.8 Å². The van der Waals surface area contributed by atoms with Gasteiger partial charge in [-0.3, -0.25) is 4.79 Å². The van der Waals surface area contributed by atoms with Gasteiger partial charge in [0.15, 0.2) is 5.75 Å². The number of nitrogens with zero attached hydrogens (tertiary/aromatic N) is 2. The smallest absolute Gasteiger partial charge is 0.323 e. The van der Waals surface area contributed by atoms with Gasteiger partial charge in [0, 0.05) is 31.2 Å². The fraction of sp³-hybridized carbons (Fsp3) is 0.533. The highest BCUT2D eigenvalue weighted by atomic mass is 19.1. The minimum atomic E-state index is -0.535. The third-order valence-corrected chi connectivity index (χ3v) is 7.83. The Morgan fingerprint density at radius 3 is 2.54 bits per heavy atom. The molecule has 2 aromatic rings. The van der Waals surface area contributed by atoms with Gasteiger partial charge in [-0.15, -0.1) is 0 Å². The number of rotatable bonds is 8. The fourth-order valence-electron chi connectivity index (χ4n) is 5.57. The molecule has 212 valence electrons. The first kappa shape index (κ1) is 28.8. The van der Waals surface area contributed by atoms with Gasteiger partial charge in [0.05, 0.1) is 23.9 Å². The molecule has 1 heterocycles. The maximum Gasteiger partial charge on any atom is 0.323 e. The second-order valence-corrected chi connectivity index (χ2v) is 11.1. The number of ether oxygens (including phenoxy) is 1. The van der Waals surface area contributed by atoms with E-state index in [0.29, 0.717) is 41.7 Å². The lowest BCUT2D eigenvalue weighted by Gasteiger charge is -2.39. The summed E-state index contributed by atoms with van der Waals surface area (Å²) in [7, 11) is 2.12. The Bertz CT molecular complexity index is 1120. The largest absolute Gasteiger partial charge is 0.486 e. The van der Waals surface area contributed by atoms with Crippen molar-refractivity contribution in [2.45, 2.75) is 58.1 Å².